The Kier molecular flexibility index (Phi) is 30.5. The molecule has 0 heterocycles. The van der Waals surface area contributed by atoms with E-state index in [0.717, 1.165) is 79.3 Å². The summed E-state index contributed by atoms with van der Waals surface area (Å²) >= 11 is 1.48. The highest BCUT2D eigenvalue weighted by atomic mass is 32.2. The number of nitrogens with zero attached hydrogens (tertiary/aromatic N) is 1. The van der Waals surface area contributed by atoms with Crippen molar-refractivity contribution in [3.8, 4) is 0 Å². The number of para-hydroxylation sites is 1. The predicted molar refractivity (Wildman–Crippen MR) is 213 cm³/mol. The summed E-state index contributed by atoms with van der Waals surface area (Å²) in [7, 11) is 0. The van der Waals surface area contributed by atoms with E-state index in [-0.39, 0.29) is 5.91 Å². The highest BCUT2D eigenvalue weighted by Gasteiger charge is 2.15. The van der Waals surface area contributed by atoms with E-state index in [0.29, 0.717) is 11.5 Å². The molecule has 1 aromatic carbocycles. The highest BCUT2D eigenvalue weighted by Crippen LogP contribution is 2.28. The molecule has 0 aliphatic heterocycles. The summed E-state index contributed by atoms with van der Waals surface area (Å²) in [6.07, 6.45) is 18.4. The van der Waals surface area contributed by atoms with E-state index in [9.17, 15) is 4.79 Å². The van der Waals surface area contributed by atoms with E-state index in [1.807, 2.05) is 45.9 Å². The van der Waals surface area contributed by atoms with Crippen molar-refractivity contribution in [1.82, 2.24) is 10.2 Å². The zero-order chi connectivity index (χ0) is 36.0. The number of nitrogens with one attached hydrogen (secondary N) is 2. The Labute approximate surface area is 295 Å². The predicted octanol–water partition coefficient (Wildman–Crippen LogP) is 11.5. The topological polar surface area (TPSA) is 64.6 Å². The Hall–Kier alpha value is -2.54. The zero-order valence-corrected chi connectivity index (χ0v) is 33.0. The van der Waals surface area contributed by atoms with Crippen molar-refractivity contribution < 1.29 is 9.90 Å². The fraction of sp³-hybridized carbons (Fsp3) is 0.585. The lowest BCUT2D eigenvalue weighted by Gasteiger charge is -2.19. The molecular weight excluding hydrogens is 599 g/mol. The van der Waals surface area contributed by atoms with Gasteiger partial charge in [-0.15, -0.1) is 6.58 Å². The Balaban J connectivity index is 0. The number of carbonyl (C=O) groups excluding carboxylic acids is 1. The average Bonchev–Trinajstić information content (AvgIpc) is 3.01. The van der Waals surface area contributed by atoms with Crippen LogP contribution in [0, 0.1) is 6.92 Å². The van der Waals surface area contributed by atoms with Gasteiger partial charge in [-0.2, -0.15) is 0 Å². The summed E-state index contributed by atoms with van der Waals surface area (Å²) in [5, 5.41) is 16.5. The molecule has 0 aliphatic rings. The van der Waals surface area contributed by atoms with Gasteiger partial charge in [-0.3, -0.25) is 4.79 Å². The Morgan fingerprint density at radius 3 is 2.11 bits per heavy atom. The van der Waals surface area contributed by atoms with E-state index in [1.54, 1.807) is 0 Å². The van der Waals surface area contributed by atoms with Crippen LogP contribution in [0.5, 0.6) is 0 Å². The molecule has 0 aliphatic carbocycles. The van der Waals surface area contributed by atoms with Gasteiger partial charge in [0.25, 0.3) is 5.91 Å². The van der Waals surface area contributed by atoms with E-state index in [4.69, 9.17) is 5.11 Å². The van der Waals surface area contributed by atoms with Crippen molar-refractivity contribution >= 4 is 23.4 Å². The van der Waals surface area contributed by atoms with Crippen LogP contribution < -0.4 is 10.6 Å². The first-order chi connectivity index (χ1) is 22.5. The van der Waals surface area contributed by atoms with Crippen LogP contribution in [-0.2, 0) is 11.2 Å². The number of benzene rings is 1. The lowest BCUT2D eigenvalue weighted by Crippen LogP contribution is -2.28. The van der Waals surface area contributed by atoms with Crippen LogP contribution in [0.15, 0.2) is 75.9 Å². The molecule has 0 saturated heterocycles. The molecule has 0 unspecified atom stereocenters. The Bertz CT molecular complexity index is 1110. The van der Waals surface area contributed by atoms with Gasteiger partial charge < -0.3 is 20.6 Å². The van der Waals surface area contributed by atoms with Gasteiger partial charge in [0.05, 0.1) is 16.5 Å². The summed E-state index contributed by atoms with van der Waals surface area (Å²) in [5.41, 5.74) is 6.77. The van der Waals surface area contributed by atoms with Gasteiger partial charge >= 0.3 is 0 Å². The van der Waals surface area contributed by atoms with Crippen LogP contribution >= 0.6 is 11.8 Å². The molecule has 1 rings (SSSR count). The van der Waals surface area contributed by atoms with Crippen molar-refractivity contribution in [3.63, 3.8) is 0 Å². The third-order valence-electron chi connectivity index (χ3n) is 6.85. The number of unbranched alkanes of at least 4 members (excludes halogenated alkanes) is 2. The number of amides is 1. The molecule has 47 heavy (non-hydrogen) atoms. The number of allylic oxidation sites excluding steroid dienone is 6. The second-order valence-electron chi connectivity index (χ2n) is 12.1. The molecule has 0 bridgehead atoms. The average molecular weight is 670 g/mol. The van der Waals surface area contributed by atoms with E-state index in [2.05, 4.69) is 94.9 Å². The van der Waals surface area contributed by atoms with Crippen molar-refractivity contribution in [2.24, 2.45) is 0 Å². The number of anilines is 1. The minimum Gasteiger partial charge on any atom is -0.395 e. The highest BCUT2D eigenvalue weighted by molar-refractivity contribution is 8.07. The van der Waals surface area contributed by atoms with E-state index in [1.165, 1.54) is 48.6 Å². The SMILES string of the molecule is C/C=C(\S/C(=C\CC)NC(/C=C(/C)CCC)=C\CC)C(=O)Nc1c(C)cccc1CC.C=C(C)C.CCCCCN(CCC)CCO. The first-order valence-electron chi connectivity index (χ1n) is 18.0. The molecule has 6 heteroatoms. The van der Waals surface area contributed by atoms with Crippen molar-refractivity contribution in [3.05, 3.63) is 87.0 Å². The fourth-order valence-corrected chi connectivity index (χ4v) is 5.57. The minimum absolute atomic E-state index is 0.0703. The quantitative estimate of drug-likeness (QED) is 0.0558. The van der Waals surface area contributed by atoms with Crippen LogP contribution in [0.1, 0.15) is 132 Å². The van der Waals surface area contributed by atoms with E-state index < -0.39 is 0 Å². The number of hydrogen-bond acceptors (Lipinski definition) is 5. The van der Waals surface area contributed by atoms with Crippen LogP contribution in [0.2, 0.25) is 0 Å². The van der Waals surface area contributed by atoms with Crippen molar-refractivity contribution in [1.29, 1.82) is 0 Å². The molecule has 1 amide bonds. The van der Waals surface area contributed by atoms with Crippen molar-refractivity contribution in [2.45, 2.75) is 134 Å². The maximum absolute atomic E-state index is 13.1. The maximum atomic E-state index is 13.1. The second-order valence-corrected chi connectivity index (χ2v) is 13.1. The van der Waals surface area contributed by atoms with Gasteiger partial charge in [-0.1, -0.05) is 120 Å². The summed E-state index contributed by atoms with van der Waals surface area (Å²) in [5.74, 6) is -0.0703. The van der Waals surface area contributed by atoms with Crippen LogP contribution in [-0.4, -0.2) is 42.2 Å². The summed E-state index contributed by atoms with van der Waals surface area (Å²) in [4.78, 5) is 16.1. The number of carbonyl (C=O) groups is 1. The van der Waals surface area contributed by atoms with Gasteiger partial charge in [0.15, 0.2) is 0 Å². The van der Waals surface area contributed by atoms with Gasteiger partial charge in [-0.25, -0.2) is 0 Å². The lowest BCUT2D eigenvalue weighted by molar-refractivity contribution is -0.112. The van der Waals surface area contributed by atoms with Crippen LogP contribution in [0.3, 0.4) is 0 Å². The van der Waals surface area contributed by atoms with Crippen molar-refractivity contribution in [2.75, 3.05) is 31.6 Å². The lowest BCUT2D eigenvalue weighted by atomic mass is 10.1. The molecule has 0 atom stereocenters. The third-order valence-corrected chi connectivity index (χ3v) is 7.98. The molecule has 1 aromatic rings. The smallest absolute Gasteiger partial charge is 0.262 e. The van der Waals surface area contributed by atoms with Gasteiger partial charge in [-0.05, 0) is 103 Å². The molecule has 5 nitrogen and oxygen atoms in total. The first kappa shape index (κ1) is 46.6. The molecular formula is C41H71N3O2S. The first-order valence-corrected chi connectivity index (χ1v) is 18.8. The van der Waals surface area contributed by atoms with Crippen LogP contribution in [0.4, 0.5) is 5.69 Å². The number of aryl methyl sites for hydroxylation is 2. The second kappa shape index (κ2) is 30.8. The number of rotatable bonds is 20. The molecule has 0 spiro atoms. The van der Waals surface area contributed by atoms with E-state index >= 15 is 0 Å². The molecule has 0 fully saturated rings. The number of thioether (sulfide) groups is 1. The number of aliphatic hydroxyl groups is 1. The zero-order valence-electron chi connectivity index (χ0n) is 32.2. The molecule has 0 radical (unpaired) electrons. The fourth-order valence-electron chi connectivity index (χ4n) is 4.65. The molecule has 0 aromatic heterocycles. The Morgan fingerprint density at radius 1 is 0.936 bits per heavy atom. The number of hydrogen-bond donors (Lipinski definition) is 3. The number of aliphatic hydroxyl groups excluding tert-OH is 1. The maximum Gasteiger partial charge on any atom is 0.262 e. The monoisotopic (exact) mass is 670 g/mol. The standard InChI is InChI=1S/C27H40N2OS.C10H23NO.C4H8/c1-8-14-20(6)19-23(15-9-2)28-25(16-10-3)31-24(12-5)27(30)29-26-21(7)17-13-18-22(26)11-4;1-3-5-6-8-11(7-4-2)9-10-12;1-4(2)3/h12-13,15-19,28H,8-11,14H2,1-7H3,(H,29,30);12H,3-10H2,1-2H3;1H2,2-3H3/b20-19-,23-15-,24-12-,25-16-;;. The van der Waals surface area contributed by atoms with Crippen LogP contribution in [0.25, 0.3) is 0 Å². The Morgan fingerprint density at radius 2 is 1.60 bits per heavy atom. The summed E-state index contributed by atoms with van der Waals surface area (Å²) < 4.78 is 0. The molecule has 0 saturated carbocycles. The normalized spacial score (nSPS) is 12.2. The van der Waals surface area contributed by atoms with Gasteiger partial charge in [0.2, 0.25) is 0 Å². The molecule has 268 valence electrons. The van der Waals surface area contributed by atoms with Gasteiger partial charge in [0, 0.05) is 17.9 Å². The van der Waals surface area contributed by atoms with Gasteiger partial charge in [0.1, 0.15) is 0 Å². The summed E-state index contributed by atoms with van der Waals surface area (Å²) in [6.45, 7) is 30.0. The largest absolute Gasteiger partial charge is 0.395 e. The summed E-state index contributed by atoms with van der Waals surface area (Å²) in [6, 6.07) is 6.15. The molecule has 3 N–H and O–H groups in total. The third kappa shape index (κ3) is 24.3. The minimum atomic E-state index is -0.0703.